The van der Waals surface area contributed by atoms with Gasteiger partial charge in [0, 0.05) is 81.8 Å². The van der Waals surface area contributed by atoms with E-state index in [1.807, 2.05) is 36.4 Å². The first-order chi connectivity index (χ1) is 32.8. The normalized spacial score (nSPS) is 17.4. The maximum Gasteiger partial charge on any atom is 0.333 e. The lowest BCUT2D eigenvalue weighted by atomic mass is 9.79. The highest BCUT2D eigenvalue weighted by Gasteiger charge is 2.46. The van der Waals surface area contributed by atoms with E-state index in [1.54, 1.807) is 0 Å². The first-order valence-corrected chi connectivity index (χ1v) is 26.7. The van der Waals surface area contributed by atoms with Gasteiger partial charge in [-0.3, -0.25) is 13.9 Å². The van der Waals surface area contributed by atoms with E-state index in [1.165, 1.54) is 30.7 Å². The Kier molecular flexibility index (Phi) is 12.8. The number of rotatable bonds is 13. The number of halogens is 2. The maximum absolute atomic E-state index is 14.6. The number of aromatic nitrogens is 2. The maximum atomic E-state index is 14.6. The first-order valence-electron chi connectivity index (χ1n) is 23.5. The van der Waals surface area contributed by atoms with Crippen molar-refractivity contribution in [2.75, 3.05) is 23.7 Å². The molecule has 10 nitrogen and oxygen atoms in total. The van der Waals surface area contributed by atoms with Gasteiger partial charge in [0.25, 0.3) is 5.56 Å². The van der Waals surface area contributed by atoms with Gasteiger partial charge in [-0.05, 0) is 131 Å². The Hall–Kier alpha value is -5.60. The van der Waals surface area contributed by atoms with Crippen molar-refractivity contribution in [1.29, 1.82) is 0 Å². The van der Waals surface area contributed by atoms with Crippen LogP contribution in [0.2, 0.25) is 0 Å². The molecule has 356 valence electrons. The van der Waals surface area contributed by atoms with E-state index in [0.717, 1.165) is 99.4 Å². The Bertz CT molecular complexity index is 3560. The third kappa shape index (κ3) is 8.42. The Balaban J connectivity index is 1.28. The third-order valence-electron chi connectivity index (χ3n) is 14.4. The van der Waals surface area contributed by atoms with Crippen molar-refractivity contribution >= 4 is 97.3 Å². The second-order valence-electron chi connectivity index (χ2n) is 19.5. The molecular weight excluding hydrogens is 1020 g/mol. The molecule has 3 aliphatic rings. The van der Waals surface area contributed by atoms with Gasteiger partial charge in [-0.2, -0.15) is 4.58 Å². The van der Waals surface area contributed by atoms with E-state index >= 15 is 0 Å². The molecule has 0 spiro atoms. The van der Waals surface area contributed by atoms with Crippen molar-refractivity contribution in [3.63, 3.8) is 0 Å². The molecule has 0 amide bonds. The summed E-state index contributed by atoms with van der Waals surface area (Å²) in [6, 6.07) is 29.3. The third-order valence-corrected chi connectivity index (χ3v) is 16.1. The molecule has 1 aliphatic carbocycles. The van der Waals surface area contributed by atoms with Gasteiger partial charge >= 0.3 is 5.69 Å². The standard InChI is InChI=1S/C56H56Br2N4O6S/c1-8-9-12-29-61-44-25-17-34-32-36(57)19-21-38(34)50(44)55(2,3)46(61)27-23-42-40-15-10-11-16-41(40)43(48(42)49-52(63)59(6)54(65)60(7)53(49)64)24-28-47-56(4,5)51-39-22-20-37(58)33-35(39)18-26-45(51)62(47)30-13-14-31-69(66,67)68/h10-11,15-28,32-33H,8-9,12-14,29-31H2,1-7H3,(H,66,67,68)/b43-24+,47-28+. The summed E-state index contributed by atoms with van der Waals surface area (Å²) < 4.78 is 41.6. The Morgan fingerprint density at radius 1 is 0.754 bits per heavy atom. The molecular formula is C56H56Br2N4O6S. The molecule has 0 radical (unpaired) electrons. The van der Waals surface area contributed by atoms with Crippen LogP contribution in [0.25, 0.3) is 38.3 Å². The Morgan fingerprint density at radius 2 is 1.41 bits per heavy atom. The van der Waals surface area contributed by atoms with Crippen LogP contribution >= 0.6 is 31.9 Å². The van der Waals surface area contributed by atoms with E-state index in [2.05, 4.69) is 149 Å². The van der Waals surface area contributed by atoms with Crippen molar-refractivity contribution in [2.24, 2.45) is 14.1 Å². The topological polar surface area (TPSA) is 128 Å². The number of benzene rings is 5. The minimum Gasteiger partial charge on any atom is -0.748 e. The monoisotopic (exact) mass is 1070 g/mol. The van der Waals surface area contributed by atoms with Crippen molar-refractivity contribution in [3.05, 3.63) is 173 Å². The first kappa shape index (κ1) is 48.4. The molecule has 69 heavy (non-hydrogen) atoms. The van der Waals surface area contributed by atoms with Gasteiger partial charge in [0.2, 0.25) is 11.6 Å². The van der Waals surface area contributed by atoms with Gasteiger partial charge in [0.05, 0.1) is 15.5 Å². The minimum absolute atomic E-state index is 0.0108. The fraction of sp³-hybridized carbons (Fsp3) is 0.304. The van der Waals surface area contributed by atoms with E-state index in [0.29, 0.717) is 24.1 Å². The Morgan fingerprint density at radius 3 is 2.07 bits per heavy atom. The summed E-state index contributed by atoms with van der Waals surface area (Å²) in [5.74, 6) is -0.879. The van der Waals surface area contributed by atoms with Gasteiger partial charge < -0.3 is 14.6 Å². The van der Waals surface area contributed by atoms with Crippen LogP contribution in [-0.2, 0) is 35.0 Å². The van der Waals surface area contributed by atoms with Gasteiger partial charge in [-0.1, -0.05) is 108 Å². The smallest absolute Gasteiger partial charge is 0.333 e. The van der Waals surface area contributed by atoms with Crippen LogP contribution in [0.4, 0.5) is 11.4 Å². The van der Waals surface area contributed by atoms with Crippen LogP contribution in [0.5, 0.6) is 5.88 Å². The molecule has 1 aromatic heterocycles. The zero-order chi connectivity index (χ0) is 49.3. The van der Waals surface area contributed by atoms with Crippen molar-refractivity contribution in [2.45, 2.75) is 77.6 Å². The molecule has 13 heteroatoms. The molecule has 1 N–H and O–H groups in total. The molecule has 0 bridgehead atoms. The quantitative estimate of drug-likeness (QED) is 0.0693. The number of allylic oxidation sites excluding steroid dienone is 8. The Labute approximate surface area is 420 Å². The van der Waals surface area contributed by atoms with Crippen molar-refractivity contribution < 1.29 is 22.7 Å². The number of nitrogens with zero attached hydrogens (tertiary/aromatic N) is 4. The van der Waals surface area contributed by atoms with E-state index in [9.17, 15) is 27.7 Å². The van der Waals surface area contributed by atoms with E-state index in [-0.39, 0.29) is 12.0 Å². The van der Waals surface area contributed by atoms with Crippen molar-refractivity contribution in [3.8, 4) is 5.88 Å². The van der Waals surface area contributed by atoms with Crippen LogP contribution in [-0.4, -0.2) is 56.3 Å². The summed E-state index contributed by atoms with van der Waals surface area (Å²) in [5, 5.41) is 16.5. The van der Waals surface area contributed by atoms with Gasteiger partial charge in [-0.15, -0.1) is 0 Å². The highest BCUT2D eigenvalue weighted by molar-refractivity contribution is 9.10. The molecule has 0 saturated carbocycles. The molecule has 5 aromatic carbocycles. The van der Waals surface area contributed by atoms with Gasteiger partial charge in [0.15, 0.2) is 5.71 Å². The van der Waals surface area contributed by atoms with Crippen LogP contribution < -0.4 is 16.1 Å². The number of fused-ring (bicyclic) bond motifs is 7. The summed E-state index contributed by atoms with van der Waals surface area (Å²) in [5.41, 5.74) is 7.96. The summed E-state index contributed by atoms with van der Waals surface area (Å²) >= 11 is 7.32. The molecule has 0 atom stereocenters. The fourth-order valence-corrected chi connectivity index (χ4v) is 12.4. The van der Waals surface area contributed by atoms with Crippen LogP contribution in [0.15, 0.2) is 133 Å². The van der Waals surface area contributed by atoms with E-state index < -0.39 is 43.8 Å². The summed E-state index contributed by atoms with van der Waals surface area (Å²) in [7, 11) is -1.49. The summed E-state index contributed by atoms with van der Waals surface area (Å²) in [6.07, 6.45) is 12.2. The number of anilines is 1. The van der Waals surface area contributed by atoms with Gasteiger partial charge in [0.1, 0.15) is 12.1 Å². The highest BCUT2D eigenvalue weighted by Crippen LogP contribution is 2.53. The predicted octanol–water partition coefficient (Wildman–Crippen LogP) is 11.8. The number of hydrogen-bond acceptors (Lipinski definition) is 7. The second-order valence-corrected chi connectivity index (χ2v) is 22.8. The minimum atomic E-state index is -4.39. The molecule has 3 heterocycles. The summed E-state index contributed by atoms with van der Waals surface area (Å²) in [6.45, 7) is 12.4. The molecule has 0 unspecified atom stereocenters. The number of aromatic hydroxyl groups is 1. The van der Waals surface area contributed by atoms with Gasteiger partial charge in [-0.25, -0.2) is 13.2 Å². The molecule has 2 aliphatic heterocycles. The van der Waals surface area contributed by atoms with Crippen molar-refractivity contribution in [1.82, 2.24) is 9.13 Å². The molecule has 9 rings (SSSR count). The molecule has 0 fully saturated rings. The SMILES string of the molecule is CCCCC[N+]1=C(/C=C/C2=C(c3c(O)n(C)c(=O)n(C)c3=O)C(=C/C=C3/N(CCCCS(=O)(=O)[O-])c4ccc5cc(Br)ccc5c4C3(C)C)/c3ccccc32)C(C)(C)c2c1ccc1cc(Br)ccc21. The second kappa shape index (κ2) is 18.3. The average molecular weight is 1070 g/mol. The van der Waals surface area contributed by atoms with Crippen LogP contribution in [0.1, 0.15) is 94.5 Å². The summed E-state index contributed by atoms with van der Waals surface area (Å²) in [4.78, 5) is 30.1. The number of hydrogen-bond donors (Lipinski definition) is 1. The van der Waals surface area contributed by atoms with E-state index in [4.69, 9.17) is 0 Å². The lowest BCUT2D eigenvalue weighted by molar-refractivity contribution is -0.438. The largest absolute Gasteiger partial charge is 0.748 e. The zero-order valence-corrected chi connectivity index (χ0v) is 44.0. The lowest BCUT2D eigenvalue weighted by Gasteiger charge is -2.27. The number of unbranched alkanes of at least 4 members (excludes halogenated alkanes) is 3. The lowest BCUT2D eigenvalue weighted by Crippen LogP contribution is -2.38. The zero-order valence-electron chi connectivity index (χ0n) is 40.0. The van der Waals surface area contributed by atoms with Crippen LogP contribution in [0, 0.1) is 0 Å². The predicted molar refractivity (Wildman–Crippen MR) is 287 cm³/mol. The average Bonchev–Trinajstić information content (AvgIpc) is 3.81. The van der Waals surface area contributed by atoms with Crippen LogP contribution in [0.3, 0.4) is 0 Å². The highest BCUT2D eigenvalue weighted by atomic mass is 79.9. The molecule has 0 saturated heterocycles. The molecule has 6 aromatic rings. The fourth-order valence-electron chi connectivity index (χ4n) is 11.0.